The average molecular weight is 639 g/mol. The van der Waals surface area contributed by atoms with Crippen LogP contribution in [0.3, 0.4) is 0 Å². The second-order valence-corrected chi connectivity index (χ2v) is 13.8. The van der Waals surface area contributed by atoms with Gasteiger partial charge in [0.15, 0.2) is 0 Å². The van der Waals surface area contributed by atoms with Gasteiger partial charge in [-0.15, -0.1) is 0 Å². The van der Waals surface area contributed by atoms with E-state index in [1.807, 2.05) is 31.2 Å². The summed E-state index contributed by atoms with van der Waals surface area (Å²) in [5.41, 5.74) is 2.47. The molecule has 0 spiro atoms. The van der Waals surface area contributed by atoms with Gasteiger partial charge in [-0.2, -0.15) is 9.97 Å². The van der Waals surface area contributed by atoms with Crippen LogP contribution in [0.4, 0.5) is 11.5 Å². The highest BCUT2D eigenvalue weighted by Crippen LogP contribution is 2.47. The molecule has 10 heteroatoms. The van der Waals surface area contributed by atoms with Crippen molar-refractivity contribution in [3.63, 3.8) is 0 Å². The molecule has 42 heavy (non-hydrogen) atoms. The summed E-state index contributed by atoms with van der Waals surface area (Å²) in [7, 11) is 0. The topological polar surface area (TPSA) is 94.4 Å². The molecular formula is C32H40BrN5O4. The van der Waals surface area contributed by atoms with Crippen molar-refractivity contribution in [3.8, 4) is 11.8 Å². The number of nitrogens with zero attached hydrogens (tertiary/aromatic N) is 5. The molecule has 0 radical (unpaired) electrons. The molecule has 1 aromatic heterocycles. The van der Waals surface area contributed by atoms with Crippen LogP contribution in [0.15, 0.2) is 34.8 Å². The van der Waals surface area contributed by atoms with Gasteiger partial charge in [0.1, 0.15) is 11.6 Å². The number of aliphatic hydroxyl groups is 1. The number of hydrogen-bond donors (Lipinski definition) is 2. The molecule has 2 aromatic carbocycles. The van der Waals surface area contributed by atoms with E-state index in [2.05, 4.69) is 30.6 Å². The first-order chi connectivity index (χ1) is 20.3. The predicted octanol–water partition coefficient (Wildman–Crippen LogP) is 4.50. The molecule has 0 unspecified atom stereocenters. The molecule has 3 aliphatic heterocycles. The summed E-state index contributed by atoms with van der Waals surface area (Å²) < 4.78 is 13.0. The van der Waals surface area contributed by atoms with Gasteiger partial charge in [-0.25, -0.2) is 0 Å². The van der Waals surface area contributed by atoms with Crippen LogP contribution in [0.1, 0.15) is 43.9 Å². The van der Waals surface area contributed by atoms with E-state index in [0.717, 1.165) is 116 Å². The summed E-state index contributed by atoms with van der Waals surface area (Å²) >= 11 is 3.74. The number of phenols is 1. The fourth-order valence-electron chi connectivity index (χ4n) is 6.89. The molecule has 1 atom stereocenters. The Kier molecular flexibility index (Phi) is 7.45. The van der Waals surface area contributed by atoms with Crippen molar-refractivity contribution in [3.05, 3.63) is 46.1 Å². The number of morpholine rings is 1. The number of hydrogen-bond acceptors (Lipinski definition) is 9. The van der Waals surface area contributed by atoms with E-state index in [-0.39, 0.29) is 11.2 Å². The lowest BCUT2D eigenvalue weighted by molar-refractivity contribution is 0.0231. The van der Waals surface area contributed by atoms with Gasteiger partial charge >= 0.3 is 6.01 Å². The fraction of sp³-hybridized carbons (Fsp3) is 0.562. The summed E-state index contributed by atoms with van der Waals surface area (Å²) in [6.07, 6.45) is 4.79. The Morgan fingerprint density at radius 2 is 1.88 bits per heavy atom. The number of fused-ring (bicyclic) bond motifs is 2. The summed E-state index contributed by atoms with van der Waals surface area (Å²) in [5.74, 6) is 1.15. The Balaban J connectivity index is 1.19. The van der Waals surface area contributed by atoms with E-state index in [1.165, 1.54) is 0 Å². The highest BCUT2D eigenvalue weighted by atomic mass is 79.9. The van der Waals surface area contributed by atoms with E-state index in [0.29, 0.717) is 25.7 Å². The minimum Gasteiger partial charge on any atom is -0.508 e. The Bertz CT molecular complexity index is 1470. The van der Waals surface area contributed by atoms with Gasteiger partial charge in [-0.05, 0) is 56.5 Å². The molecule has 224 valence electrons. The molecule has 0 amide bonds. The summed E-state index contributed by atoms with van der Waals surface area (Å²) in [5, 5.41) is 23.6. The first-order valence-electron chi connectivity index (χ1n) is 15.2. The van der Waals surface area contributed by atoms with Crippen LogP contribution >= 0.6 is 15.9 Å². The Morgan fingerprint density at radius 1 is 1.05 bits per heavy atom. The van der Waals surface area contributed by atoms with E-state index >= 15 is 0 Å². The van der Waals surface area contributed by atoms with Crippen LogP contribution in [0, 0.1) is 5.41 Å². The minimum atomic E-state index is -0.749. The molecule has 3 fully saturated rings. The van der Waals surface area contributed by atoms with Gasteiger partial charge in [-0.3, -0.25) is 4.90 Å². The van der Waals surface area contributed by atoms with Gasteiger partial charge < -0.3 is 29.5 Å². The van der Waals surface area contributed by atoms with Crippen LogP contribution in [-0.4, -0.2) is 89.8 Å². The van der Waals surface area contributed by atoms with Crippen molar-refractivity contribution in [1.82, 2.24) is 14.9 Å². The molecule has 4 aliphatic rings. The number of anilines is 2. The van der Waals surface area contributed by atoms with Gasteiger partial charge in [0.25, 0.3) is 0 Å². The van der Waals surface area contributed by atoms with Crippen molar-refractivity contribution >= 4 is 38.2 Å². The molecule has 7 rings (SSSR count). The maximum atomic E-state index is 10.9. The van der Waals surface area contributed by atoms with E-state index in [4.69, 9.17) is 19.4 Å². The predicted molar refractivity (Wildman–Crippen MR) is 167 cm³/mol. The summed E-state index contributed by atoms with van der Waals surface area (Å²) in [4.78, 5) is 17.0. The number of rotatable bonds is 7. The summed E-state index contributed by atoms with van der Waals surface area (Å²) in [6, 6.07) is 10.1. The van der Waals surface area contributed by atoms with Gasteiger partial charge in [-0.1, -0.05) is 28.1 Å². The SMILES string of the molecule is C[C@@]1(O)CCCN(c2nc(OCC3(CN4CCOCC4)CC3)nc3c2CCN(c2cc(O)cc4cccc(Br)c24)C3)C1. The maximum absolute atomic E-state index is 10.9. The van der Waals surface area contributed by atoms with E-state index in [1.54, 1.807) is 6.07 Å². The molecule has 2 saturated heterocycles. The number of aromatic hydroxyl groups is 1. The third kappa shape index (κ3) is 5.78. The Hall–Kier alpha value is -2.66. The van der Waals surface area contributed by atoms with Gasteiger partial charge in [0.05, 0.1) is 37.7 Å². The monoisotopic (exact) mass is 637 g/mol. The molecule has 9 nitrogen and oxygen atoms in total. The largest absolute Gasteiger partial charge is 0.508 e. The third-order valence-electron chi connectivity index (χ3n) is 9.36. The molecular weight excluding hydrogens is 598 g/mol. The van der Waals surface area contributed by atoms with Crippen LogP contribution in [0.5, 0.6) is 11.8 Å². The maximum Gasteiger partial charge on any atom is 0.318 e. The molecule has 4 heterocycles. The average Bonchev–Trinajstić information content (AvgIpc) is 3.74. The van der Waals surface area contributed by atoms with Crippen LogP contribution in [0.25, 0.3) is 10.8 Å². The highest BCUT2D eigenvalue weighted by Gasteiger charge is 2.45. The standard InChI is InChI=1S/C32H40BrN5O4/c1-31(40)7-3-10-38(19-31)29-24-6-11-37(27-17-23(39)16-22-4-2-5-25(33)28(22)27)18-26(24)34-30(35-29)42-21-32(8-9-32)20-36-12-14-41-15-13-36/h2,4-5,16-17,39-40H,3,6-15,18-21H2,1H3/t31-/m1/s1. The van der Waals surface area contributed by atoms with E-state index < -0.39 is 5.60 Å². The van der Waals surface area contributed by atoms with Crippen molar-refractivity contribution in [1.29, 1.82) is 0 Å². The van der Waals surface area contributed by atoms with Crippen molar-refractivity contribution < 1.29 is 19.7 Å². The van der Waals surface area contributed by atoms with Crippen LogP contribution < -0.4 is 14.5 Å². The van der Waals surface area contributed by atoms with Gasteiger partial charge in [0, 0.05) is 71.9 Å². The molecule has 1 aliphatic carbocycles. The number of benzene rings is 2. The highest BCUT2D eigenvalue weighted by molar-refractivity contribution is 9.10. The Morgan fingerprint density at radius 3 is 2.67 bits per heavy atom. The number of β-amino-alcohol motifs (C(OH)–C–C–N with tert-alkyl or cyclic N) is 1. The normalized spacial score (nSPS) is 24.1. The number of aromatic nitrogens is 2. The zero-order chi connectivity index (χ0) is 28.9. The quantitative estimate of drug-likeness (QED) is 0.388. The van der Waals surface area contributed by atoms with E-state index in [9.17, 15) is 10.2 Å². The smallest absolute Gasteiger partial charge is 0.318 e. The second kappa shape index (κ2) is 11.1. The fourth-order valence-corrected chi connectivity index (χ4v) is 7.48. The lowest BCUT2D eigenvalue weighted by Crippen LogP contribution is -2.47. The Labute approximate surface area is 255 Å². The number of ether oxygens (including phenoxy) is 2. The number of halogens is 1. The zero-order valence-corrected chi connectivity index (χ0v) is 25.9. The van der Waals surface area contributed by atoms with Crippen molar-refractivity contribution in [2.45, 2.75) is 51.2 Å². The minimum absolute atomic E-state index is 0.157. The first-order valence-corrected chi connectivity index (χ1v) is 16.0. The van der Waals surface area contributed by atoms with Crippen LogP contribution in [-0.2, 0) is 17.7 Å². The van der Waals surface area contributed by atoms with Crippen molar-refractivity contribution in [2.24, 2.45) is 5.41 Å². The number of piperidine rings is 1. The first kappa shape index (κ1) is 28.1. The lowest BCUT2D eigenvalue weighted by Gasteiger charge is -2.40. The lowest BCUT2D eigenvalue weighted by atomic mass is 9.94. The third-order valence-corrected chi connectivity index (χ3v) is 10.0. The molecule has 1 saturated carbocycles. The van der Waals surface area contributed by atoms with Crippen molar-refractivity contribution in [2.75, 3.05) is 68.9 Å². The van der Waals surface area contributed by atoms with Gasteiger partial charge in [0.2, 0.25) is 0 Å². The van der Waals surface area contributed by atoms with Crippen LogP contribution in [0.2, 0.25) is 0 Å². The molecule has 2 N–H and O–H groups in total. The zero-order valence-electron chi connectivity index (χ0n) is 24.3. The molecule has 0 bridgehead atoms. The molecule has 3 aromatic rings. The summed E-state index contributed by atoms with van der Waals surface area (Å²) in [6.45, 7) is 9.87. The second-order valence-electron chi connectivity index (χ2n) is 12.9. The number of phenolic OH excluding ortho intramolecular Hbond substituents is 1.